The Kier molecular flexibility index (Phi) is 4.44. The number of methoxy groups -OCH3 is 1. The van der Waals surface area contributed by atoms with E-state index in [0.29, 0.717) is 0 Å². The highest BCUT2D eigenvalue weighted by molar-refractivity contribution is 5.35. The summed E-state index contributed by atoms with van der Waals surface area (Å²) in [5.41, 5.74) is 2.15. The second-order valence-corrected chi connectivity index (χ2v) is 5.07. The molecule has 2 heterocycles. The molecule has 0 fully saturated rings. The number of aromatic nitrogens is 4. The first-order chi connectivity index (χ1) is 9.58. The predicted octanol–water partition coefficient (Wildman–Crippen LogP) is 1.90. The Morgan fingerprint density at radius 3 is 2.55 bits per heavy atom. The minimum absolute atomic E-state index is 0.0218. The van der Waals surface area contributed by atoms with Crippen molar-refractivity contribution in [3.8, 4) is 5.75 Å². The highest BCUT2D eigenvalue weighted by Crippen LogP contribution is 2.31. The fourth-order valence-corrected chi connectivity index (χ4v) is 2.36. The van der Waals surface area contributed by atoms with Gasteiger partial charge in [-0.15, -0.1) is 0 Å². The molecule has 6 heteroatoms. The maximum atomic E-state index is 5.48. The number of ether oxygens (including phenoxy) is 1. The third kappa shape index (κ3) is 2.70. The van der Waals surface area contributed by atoms with Gasteiger partial charge in [-0.25, -0.2) is 0 Å². The zero-order chi connectivity index (χ0) is 14.7. The Hall–Kier alpha value is -1.82. The zero-order valence-corrected chi connectivity index (χ0v) is 12.8. The molecule has 110 valence electrons. The number of nitrogens with zero attached hydrogens (tertiary/aromatic N) is 4. The van der Waals surface area contributed by atoms with Crippen molar-refractivity contribution < 1.29 is 4.74 Å². The summed E-state index contributed by atoms with van der Waals surface area (Å²) in [6.07, 6.45) is 5.67. The molecule has 0 saturated heterocycles. The van der Waals surface area contributed by atoms with Crippen LogP contribution in [0.5, 0.6) is 5.75 Å². The van der Waals surface area contributed by atoms with Crippen LogP contribution in [0.1, 0.15) is 44.1 Å². The minimum atomic E-state index is 0.0218. The minimum Gasteiger partial charge on any atom is -0.493 e. The number of hydrogen-bond acceptors (Lipinski definition) is 4. The maximum absolute atomic E-state index is 5.48. The molecule has 1 unspecified atom stereocenters. The van der Waals surface area contributed by atoms with Gasteiger partial charge >= 0.3 is 0 Å². The molecule has 20 heavy (non-hydrogen) atoms. The SMILES string of the molecule is CCNC(c1cnn(C)c1)c1c(OC)cnn1C(C)C. The molecule has 2 aromatic rings. The summed E-state index contributed by atoms with van der Waals surface area (Å²) in [7, 11) is 3.60. The lowest BCUT2D eigenvalue weighted by Gasteiger charge is -2.21. The first kappa shape index (κ1) is 14.6. The topological polar surface area (TPSA) is 56.9 Å². The lowest BCUT2D eigenvalue weighted by molar-refractivity contribution is 0.394. The van der Waals surface area contributed by atoms with Gasteiger partial charge in [0.1, 0.15) is 5.69 Å². The van der Waals surface area contributed by atoms with Gasteiger partial charge in [0.05, 0.1) is 25.5 Å². The zero-order valence-electron chi connectivity index (χ0n) is 12.8. The van der Waals surface area contributed by atoms with Gasteiger partial charge in [0.15, 0.2) is 5.75 Å². The van der Waals surface area contributed by atoms with Crippen LogP contribution >= 0.6 is 0 Å². The number of nitrogens with one attached hydrogen (secondary N) is 1. The van der Waals surface area contributed by atoms with Crippen LogP contribution < -0.4 is 10.1 Å². The molecule has 0 bridgehead atoms. The van der Waals surface area contributed by atoms with Gasteiger partial charge < -0.3 is 10.1 Å². The highest BCUT2D eigenvalue weighted by atomic mass is 16.5. The Morgan fingerprint density at radius 1 is 1.30 bits per heavy atom. The van der Waals surface area contributed by atoms with E-state index in [-0.39, 0.29) is 12.1 Å². The molecule has 0 amide bonds. The lowest BCUT2D eigenvalue weighted by atomic mass is 10.1. The third-order valence-electron chi connectivity index (χ3n) is 3.25. The number of aryl methyl sites for hydroxylation is 1. The van der Waals surface area contributed by atoms with Crippen LogP contribution in [0.4, 0.5) is 0 Å². The van der Waals surface area contributed by atoms with Crippen LogP contribution in [0.2, 0.25) is 0 Å². The van der Waals surface area contributed by atoms with Crippen LogP contribution in [-0.4, -0.2) is 33.2 Å². The van der Waals surface area contributed by atoms with Gasteiger partial charge in [0, 0.05) is 24.8 Å². The van der Waals surface area contributed by atoms with Crippen molar-refractivity contribution in [3.05, 3.63) is 29.8 Å². The first-order valence-corrected chi connectivity index (χ1v) is 6.91. The molecule has 0 saturated carbocycles. The molecule has 1 N–H and O–H groups in total. The van der Waals surface area contributed by atoms with E-state index in [9.17, 15) is 0 Å². The Bertz CT molecular complexity index is 558. The predicted molar refractivity (Wildman–Crippen MR) is 77.9 cm³/mol. The molecule has 0 aliphatic rings. The van der Waals surface area contributed by atoms with Crippen molar-refractivity contribution in [1.82, 2.24) is 24.9 Å². The Labute approximate surface area is 119 Å². The number of rotatable bonds is 6. The van der Waals surface area contributed by atoms with Gasteiger partial charge in [-0.05, 0) is 20.4 Å². The normalized spacial score (nSPS) is 12.9. The van der Waals surface area contributed by atoms with Gasteiger partial charge in [0.25, 0.3) is 0 Å². The van der Waals surface area contributed by atoms with Gasteiger partial charge in [0.2, 0.25) is 0 Å². The summed E-state index contributed by atoms with van der Waals surface area (Å²) >= 11 is 0. The molecule has 6 nitrogen and oxygen atoms in total. The monoisotopic (exact) mass is 277 g/mol. The van der Waals surface area contributed by atoms with Crippen LogP contribution in [0.3, 0.4) is 0 Å². The quantitative estimate of drug-likeness (QED) is 0.876. The largest absolute Gasteiger partial charge is 0.493 e. The summed E-state index contributed by atoms with van der Waals surface area (Å²) in [4.78, 5) is 0. The van der Waals surface area contributed by atoms with Gasteiger partial charge in [-0.2, -0.15) is 10.2 Å². The van der Waals surface area contributed by atoms with Crippen molar-refractivity contribution in [2.75, 3.05) is 13.7 Å². The third-order valence-corrected chi connectivity index (χ3v) is 3.25. The fraction of sp³-hybridized carbons (Fsp3) is 0.571. The highest BCUT2D eigenvalue weighted by Gasteiger charge is 2.25. The summed E-state index contributed by atoms with van der Waals surface area (Å²) in [6, 6.07) is 0.292. The fourth-order valence-electron chi connectivity index (χ4n) is 2.36. The van der Waals surface area contributed by atoms with Crippen LogP contribution in [-0.2, 0) is 7.05 Å². The summed E-state index contributed by atoms with van der Waals surface area (Å²) in [5, 5.41) is 12.2. The maximum Gasteiger partial charge on any atom is 0.161 e. The van der Waals surface area contributed by atoms with Crippen molar-refractivity contribution in [1.29, 1.82) is 0 Å². The van der Waals surface area contributed by atoms with E-state index < -0.39 is 0 Å². The average Bonchev–Trinajstić information content (AvgIpc) is 3.01. The second kappa shape index (κ2) is 6.09. The average molecular weight is 277 g/mol. The van der Waals surface area contributed by atoms with Crippen molar-refractivity contribution >= 4 is 0 Å². The molecule has 0 aromatic carbocycles. The van der Waals surface area contributed by atoms with Crippen molar-refractivity contribution in [2.24, 2.45) is 7.05 Å². The van der Waals surface area contributed by atoms with Crippen molar-refractivity contribution in [2.45, 2.75) is 32.9 Å². The smallest absolute Gasteiger partial charge is 0.161 e. The van der Waals surface area contributed by atoms with E-state index in [4.69, 9.17) is 4.74 Å². The number of hydrogen-bond donors (Lipinski definition) is 1. The van der Waals surface area contributed by atoms with Crippen LogP contribution in [0.15, 0.2) is 18.6 Å². The summed E-state index contributed by atoms with van der Waals surface area (Å²) < 4.78 is 9.29. The molecule has 1 atom stereocenters. The van der Waals surface area contributed by atoms with E-state index in [1.165, 1.54) is 0 Å². The molecule has 0 spiro atoms. The molecule has 2 aromatic heterocycles. The molecule has 0 aliphatic carbocycles. The Morgan fingerprint density at radius 2 is 2.05 bits per heavy atom. The summed E-state index contributed by atoms with van der Waals surface area (Å²) in [6.45, 7) is 7.17. The Balaban J connectivity index is 2.50. The molecule has 2 rings (SSSR count). The first-order valence-electron chi connectivity index (χ1n) is 6.91. The van der Waals surface area contributed by atoms with Crippen molar-refractivity contribution in [3.63, 3.8) is 0 Å². The molecular formula is C14H23N5O. The van der Waals surface area contributed by atoms with E-state index >= 15 is 0 Å². The summed E-state index contributed by atoms with van der Waals surface area (Å²) in [5.74, 6) is 0.800. The standard InChI is InChI=1S/C14H23N5O/c1-6-15-13(11-7-16-18(4)9-11)14-12(20-5)8-17-19(14)10(2)3/h7-10,13,15H,6H2,1-5H3. The lowest BCUT2D eigenvalue weighted by Crippen LogP contribution is -2.25. The van der Waals surface area contributed by atoms with Gasteiger partial charge in [-0.1, -0.05) is 6.92 Å². The molecule has 0 aliphatic heterocycles. The van der Waals surface area contributed by atoms with Crippen LogP contribution in [0, 0.1) is 0 Å². The van der Waals surface area contributed by atoms with E-state index in [0.717, 1.165) is 23.6 Å². The van der Waals surface area contributed by atoms with Crippen LogP contribution in [0.25, 0.3) is 0 Å². The second-order valence-electron chi connectivity index (χ2n) is 5.07. The molecule has 0 radical (unpaired) electrons. The van der Waals surface area contributed by atoms with E-state index in [2.05, 4.69) is 36.3 Å². The van der Waals surface area contributed by atoms with E-state index in [1.54, 1.807) is 13.3 Å². The molecular weight excluding hydrogens is 254 g/mol. The van der Waals surface area contributed by atoms with Gasteiger partial charge in [-0.3, -0.25) is 9.36 Å². The van der Waals surface area contributed by atoms with E-state index in [1.807, 2.05) is 28.8 Å².